The number of hydrogen-bond donors (Lipinski definition) is 2. The van der Waals surface area contributed by atoms with E-state index in [9.17, 15) is 0 Å². The van der Waals surface area contributed by atoms with Crippen LogP contribution < -0.4 is 20.9 Å². The van der Waals surface area contributed by atoms with Gasteiger partial charge in [0.1, 0.15) is 23.0 Å². The van der Waals surface area contributed by atoms with E-state index >= 15 is 0 Å². The Hall–Kier alpha value is -4.08. The van der Waals surface area contributed by atoms with Crippen molar-refractivity contribution in [3.8, 4) is 23.0 Å². The fraction of sp³-hybridized carbons (Fsp3) is 0.368. The molecule has 8 heteroatoms. The second-order valence-corrected chi connectivity index (χ2v) is 12.7. The summed E-state index contributed by atoms with van der Waals surface area (Å²) in [5.41, 5.74) is 21.1. The van der Waals surface area contributed by atoms with E-state index in [-0.39, 0.29) is 12.2 Å². The van der Waals surface area contributed by atoms with E-state index in [4.69, 9.17) is 39.9 Å². The topological polar surface area (TPSA) is 121 Å². The number of nitrogen functional groups attached to an aromatic ring is 2. The van der Waals surface area contributed by atoms with Crippen LogP contribution in [0.3, 0.4) is 0 Å². The molecule has 4 aliphatic rings. The lowest BCUT2D eigenvalue weighted by molar-refractivity contribution is 0.397. The molecule has 46 heavy (non-hydrogen) atoms. The molecule has 4 aromatic rings. The van der Waals surface area contributed by atoms with Crippen molar-refractivity contribution < 1.29 is 28.4 Å². The number of anilines is 2. The molecule has 0 bridgehead atoms. The lowest BCUT2D eigenvalue weighted by Crippen LogP contribution is -2.08. The van der Waals surface area contributed by atoms with Gasteiger partial charge < -0.3 is 39.9 Å². The predicted octanol–water partition coefficient (Wildman–Crippen LogP) is 6.50. The molecule has 4 heterocycles. The van der Waals surface area contributed by atoms with Crippen molar-refractivity contribution in [2.75, 3.05) is 37.9 Å². The molecule has 0 aromatic heterocycles. The summed E-state index contributed by atoms with van der Waals surface area (Å²) in [5, 5.41) is 0. The minimum Gasteiger partial charge on any atom is -0.457 e. The Labute approximate surface area is 270 Å². The van der Waals surface area contributed by atoms with E-state index in [2.05, 4.69) is 32.0 Å². The summed E-state index contributed by atoms with van der Waals surface area (Å²) in [4.78, 5) is 0. The molecule has 4 saturated heterocycles. The van der Waals surface area contributed by atoms with Crippen molar-refractivity contribution >= 4 is 11.4 Å². The van der Waals surface area contributed by atoms with Crippen molar-refractivity contribution in [3.05, 3.63) is 106 Å². The van der Waals surface area contributed by atoms with Gasteiger partial charge in [0.2, 0.25) is 0 Å². The van der Waals surface area contributed by atoms with E-state index < -0.39 is 0 Å². The second kappa shape index (κ2) is 13.3. The van der Waals surface area contributed by atoms with Crippen LogP contribution in [-0.2, 0) is 44.6 Å². The minimum atomic E-state index is 0.288. The first-order chi connectivity index (χ1) is 22.4. The van der Waals surface area contributed by atoms with E-state index in [1.54, 1.807) is 0 Å². The van der Waals surface area contributed by atoms with E-state index in [0.717, 1.165) is 109 Å². The highest BCUT2D eigenvalue weighted by Gasteiger charge is 2.32. The molecule has 0 aliphatic carbocycles. The first-order valence-electron chi connectivity index (χ1n) is 16.1. The van der Waals surface area contributed by atoms with Crippen LogP contribution >= 0.6 is 0 Å². The molecule has 8 nitrogen and oxygen atoms in total. The molecule has 4 aromatic carbocycles. The minimum absolute atomic E-state index is 0.288. The average Bonchev–Trinajstić information content (AvgIpc) is 3.85. The zero-order valence-electron chi connectivity index (χ0n) is 26.5. The number of hydrogen-bond acceptors (Lipinski definition) is 8. The van der Waals surface area contributed by atoms with Crippen LogP contribution in [0.25, 0.3) is 0 Å². The van der Waals surface area contributed by atoms with Gasteiger partial charge in [0.05, 0.1) is 50.8 Å². The van der Waals surface area contributed by atoms with Gasteiger partial charge in [-0.05, 0) is 79.1 Å². The van der Waals surface area contributed by atoms with Crippen LogP contribution in [0, 0.1) is 13.8 Å². The summed E-state index contributed by atoms with van der Waals surface area (Å²) in [6.07, 6.45) is 4.54. The Morgan fingerprint density at radius 2 is 0.957 bits per heavy atom. The summed E-state index contributed by atoms with van der Waals surface area (Å²) < 4.78 is 33.9. The fourth-order valence-electron chi connectivity index (χ4n) is 5.69. The number of nitrogens with two attached hydrogens (primary N) is 2. The van der Waals surface area contributed by atoms with Crippen LogP contribution in [0.4, 0.5) is 11.4 Å². The quantitative estimate of drug-likeness (QED) is 0.136. The van der Waals surface area contributed by atoms with Gasteiger partial charge in [0, 0.05) is 48.2 Å². The van der Waals surface area contributed by atoms with Crippen molar-refractivity contribution in [1.29, 1.82) is 0 Å². The Balaban J connectivity index is 0.000000147. The van der Waals surface area contributed by atoms with Gasteiger partial charge in [-0.25, -0.2) is 0 Å². The van der Waals surface area contributed by atoms with E-state index in [1.165, 1.54) is 11.1 Å². The zero-order valence-corrected chi connectivity index (χ0v) is 26.5. The standard InChI is InChI=1S/2C19H21NO3/c1-12-2-4-13(5-3-12)23-19-7-6-18(20)16(8-14-10-21-14)17(19)9-15-11-22-15;1-12-3-2-4-13(7-12)23-19-6-5-18(20)16(8-14-10-21-14)17(19)9-15-11-22-15/h2*2-7,14-15H,8-11,20H2,1H3. The average molecular weight is 623 g/mol. The zero-order chi connectivity index (χ0) is 31.6. The monoisotopic (exact) mass is 622 g/mol. The predicted molar refractivity (Wildman–Crippen MR) is 178 cm³/mol. The number of rotatable bonds is 12. The van der Waals surface area contributed by atoms with Gasteiger partial charge in [-0.2, -0.15) is 0 Å². The molecular formula is C38H42N2O6. The molecule has 8 rings (SSSR count). The third-order valence-corrected chi connectivity index (χ3v) is 8.65. The van der Waals surface area contributed by atoms with Gasteiger partial charge in [0.25, 0.3) is 0 Å². The van der Waals surface area contributed by atoms with Crippen LogP contribution in [0.15, 0.2) is 72.8 Å². The molecule has 4 unspecified atom stereocenters. The summed E-state index contributed by atoms with van der Waals surface area (Å²) in [5.74, 6) is 3.43. The summed E-state index contributed by atoms with van der Waals surface area (Å²) in [6, 6.07) is 24.0. The lowest BCUT2D eigenvalue weighted by atomic mass is 9.96. The van der Waals surface area contributed by atoms with Gasteiger partial charge in [-0.15, -0.1) is 0 Å². The first kappa shape index (κ1) is 30.6. The van der Waals surface area contributed by atoms with Crippen molar-refractivity contribution in [2.24, 2.45) is 0 Å². The number of epoxide rings is 4. The van der Waals surface area contributed by atoms with Gasteiger partial charge >= 0.3 is 0 Å². The molecule has 0 radical (unpaired) electrons. The third kappa shape index (κ3) is 8.19. The normalized spacial score (nSPS) is 22.0. The van der Waals surface area contributed by atoms with Crippen LogP contribution in [0.5, 0.6) is 23.0 Å². The van der Waals surface area contributed by atoms with E-state index in [0.29, 0.717) is 12.2 Å². The second-order valence-electron chi connectivity index (χ2n) is 12.7. The Morgan fingerprint density at radius 3 is 1.39 bits per heavy atom. The van der Waals surface area contributed by atoms with Crippen LogP contribution in [0.2, 0.25) is 0 Å². The lowest BCUT2D eigenvalue weighted by Gasteiger charge is -2.17. The summed E-state index contributed by atoms with van der Waals surface area (Å²) in [7, 11) is 0. The maximum Gasteiger partial charge on any atom is 0.131 e. The highest BCUT2D eigenvalue weighted by Crippen LogP contribution is 2.38. The van der Waals surface area contributed by atoms with Gasteiger partial charge in [-0.3, -0.25) is 0 Å². The third-order valence-electron chi connectivity index (χ3n) is 8.65. The Morgan fingerprint density at radius 1 is 0.522 bits per heavy atom. The highest BCUT2D eigenvalue weighted by molar-refractivity contribution is 5.59. The smallest absolute Gasteiger partial charge is 0.131 e. The summed E-state index contributed by atoms with van der Waals surface area (Å²) >= 11 is 0. The highest BCUT2D eigenvalue weighted by atomic mass is 16.6. The molecule has 4 atom stereocenters. The molecule has 4 N–H and O–H groups in total. The molecule has 4 aliphatic heterocycles. The number of benzene rings is 4. The van der Waals surface area contributed by atoms with Crippen molar-refractivity contribution in [1.82, 2.24) is 0 Å². The van der Waals surface area contributed by atoms with Crippen molar-refractivity contribution in [2.45, 2.75) is 63.9 Å². The molecular weight excluding hydrogens is 580 g/mol. The van der Waals surface area contributed by atoms with Gasteiger partial charge in [-0.1, -0.05) is 29.8 Å². The molecule has 0 saturated carbocycles. The fourth-order valence-corrected chi connectivity index (χ4v) is 5.69. The maximum absolute atomic E-state index is 6.23. The first-order valence-corrected chi connectivity index (χ1v) is 16.1. The van der Waals surface area contributed by atoms with E-state index in [1.807, 2.05) is 54.6 Å². The largest absolute Gasteiger partial charge is 0.457 e. The summed E-state index contributed by atoms with van der Waals surface area (Å²) in [6.45, 7) is 7.40. The Bertz CT molecular complexity index is 1670. The molecule has 240 valence electrons. The van der Waals surface area contributed by atoms with Crippen LogP contribution in [0.1, 0.15) is 33.4 Å². The van der Waals surface area contributed by atoms with Crippen molar-refractivity contribution in [3.63, 3.8) is 0 Å². The molecule has 0 spiro atoms. The molecule has 4 fully saturated rings. The Kier molecular flexibility index (Phi) is 8.86. The van der Waals surface area contributed by atoms with Gasteiger partial charge in [0.15, 0.2) is 0 Å². The number of ether oxygens (including phenoxy) is 6. The molecule has 0 amide bonds. The SMILES string of the molecule is Cc1ccc(Oc2ccc(N)c(CC3CO3)c2CC2CO2)cc1.Cc1cccc(Oc2ccc(N)c(CC3CO3)c2CC2CO2)c1. The van der Waals surface area contributed by atoms with Crippen LogP contribution in [-0.4, -0.2) is 50.8 Å². The number of aryl methyl sites for hydroxylation is 2. The maximum atomic E-state index is 6.23.